The van der Waals surface area contributed by atoms with Crippen LogP contribution in [-0.2, 0) is 49.8 Å². The normalized spacial score (nSPS) is 18.9. The molecule has 3 aliphatic carbocycles. The fourth-order valence-corrected chi connectivity index (χ4v) is 10.9. The number of halogens is 8. The van der Waals surface area contributed by atoms with E-state index in [0.29, 0.717) is 34.1 Å². The third kappa shape index (κ3) is 15.7. The number of nitrogens with two attached hydrogens (primary N) is 1. The topological polar surface area (TPSA) is 199 Å². The number of carbonyl (C=O) groups excluding carboxylic acids is 3. The molecule has 0 spiro atoms. The summed E-state index contributed by atoms with van der Waals surface area (Å²) in [4.78, 5) is 50.2. The number of aryl methyl sites for hydroxylation is 3. The van der Waals surface area contributed by atoms with Gasteiger partial charge in [0.2, 0.25) is 0 Å². The number of carboxylic acids is 1. The van der Waals surface area contributed by atoms with Crippen LogP contribution in [0.25, 0.3) is 0 Å². The first-order valence-electron chi connectivity index (χ1n) is 23.6. The van der Waals surface area contributed by atoms with E-state index in [1.165, 1.54) is 17.3 Å². The summed E-state index contributed by atoms with van der Waals surface area (Å²) in [5, 5.41) is 32.5. The molecular weight excluding hydrogens is 1260 g/mol. The van der Waals surface area contributed by atoms with E-state index in [2.05, 4.69) is 57.9 Å². The Balaban J connectivity index is 0.000000195. The zero-order chi connectivity index (χ0) is 54.3. The number of hydrogen-bond donors (Lipinski definition) is 4. The highest BCUT2D eigenvalue weighted by Gasteiger charge is 2.39. The van der Waals surface area contributed by atoms with Crippen molar-refractivity contribution in [3.63, 3.8) is 0 Å². The van der Waals surface area contributed by atoms with Crippen molar-refractivity contribution in [2.45, 2.75) is 74.0 Å². The molecule has 76 heavy (non-hydrogen) atoms. The molecule has 6 aromatic rings. The first kappa shape index (κ1) is 62.1. The molecule has 3 atom stereocenters. The Morgan fingerprint density at radius 3 is 1.54 bits per heavy atom. The Labute approximate surface area is 486 Å². The summed E-state index contributed by atoms with van der Waals surface area (Å²) in [6, 6.07) is 33.2. The number of aliphatic hydroxyl groups is 1. The van der Waals surface area contributed by atoms with Gasteiger partial charge in [0, 0.05) is 36.0 Å². The van der Waals surface area contributed by atoms with E-state index in [1.54, 1.807) is 54.6 Å². The highest BCUT2D eigenvalue weighted by atomic mass is 79.9. The van der Waals surface area contributed by atoms with Crippen molar-refractivity contribution in [1.29, 1.82) is 0 Å². The maximum absolute atomic E-state index is 12.5. The zero-order valence-corrected chi connectivity index (χ0v) is 48.5. The Morgan fingerprint density at radius 1 is 0.671 bits per heavy atom. The van der Waals surface area contributed by atoms with E-state index in [1.807, 2.05) is 48.5 Å². The van der Waals surface area contributed by atoms with Gasteiger partial charge in [-0.3, -0.25) is 0 Å². The van der Waals surface area contributed by atoms with Crippen LogP contribution in [0, 0.1) is 5.82 Å². The Morgan fingerprint density at radius 2 is 1.11 bits per heavy atom. The van der Waals surface area contributed by atoms with E-state index < -0.39 is 34.6 Å². The number of aromatic nitrogens is 1. The molecule has 12 nitrogen and oxygen atoms in total. The number of hydrogen-bond acceptors (Lipinski definition) is 11. The lowest BCUT2D eigenvalue weighted by Gasteiger charge is -2.36. The molecule has 0 saturated carbocycles. The number of pyridine rings is 1. The van der Waals surface area contributed by atoms with Crippen molar-refractivity contribution in [2.75, 3.05) is 26.4 Å². The molecule has 20 heteroatoms. The predicted molar refractivity (Wildman–Crippen MR) is 306 cm³/mol. The summed E-state index contributed by atoms with van der Waals surface area (Å²) in [7, 11) is 0. The highest BCUT2D eigenvalue weighted by Crippen LogP contribution is 2.40. The van der Waals surface area contributed by atoms with Crippen LogP contribution in [0.4, 0.5) is 4.39 Å². The van der Waals surface area contributed by atoms with Gasteiger partial charge in [-0.15, -0.1) is 17.6 Å². The predicted octanol–water partition coefficient (Wildman–Crippen LogP) is 13.7. The Kier molecular flexibility index (Phi) is 23.5. The standard InChI is InChI=1S/C19H17BrClNO3.C19H16BrClO3.C12H16ClNO.C6H3BrFNO2.ClH/c20-15-5-3-13(4-6-15)18(23)25-12-19(11-22-24)9-1-2-14-10-16(21)7-8-17(14)19;20-15-5-3-13(4-6-15)18(23)24-12-19(11-22)9-1-2-14-10-16(21)7-8-17(14)19;13-10-3-4-11-9(6-10)2-1-5-12(11,7-14)8-15;7-5-3(8)1-2-4(9-5)6(10)11;/h3-8,10-11,24H,1-2,9,12H2;3-8,10-11H,1-2,9,12H2;3-4,6,15H,1-2,5,7-8,14H2;1-2H,(H,10,11);1H/b22-11+;;;;/t2*19-;12-;;/m000../s1. The van der Waals surface area contributed by atoms with Gasteiger partial charge >= 0.3 is 17.9 Å². The molecular formula is C56H53Br3Cl4FN3O9. The lowest BCUT2D eigenvalue weighted by molar-refractivity contribution is -0.114. The minimum atomic E-state index is -1.18. The van der Waals surface area contributed by atoms with Crippen LogP contribution in [0.1, 0.15) is 103 Å². The number of carbonyl (C=O) groups is 4. The number of fused-ring (bicyclic) bond motifs is 3. The summed E-state index contributed by atoms with van der Waals surface area (Å²) >= 11 is 27.5. The molecule has 1 heterocycles. The lowest BCUT2D eigenvalue weighted by Crippen LogP contribution is -2.41. The van der Waals surface area contributed by atoms with Crippen LogP contribution >= 0.6 is 95.0 Å². The second-order valence-corrected chi connectivity index (χ2v) is 22.1. The summed E-state index contributed by atoms with van der Waals surface area (Å²) in [5.74, 6) is -2.58. The Hall–Kier alpha value is -4.75. The van der Waals surface area contributed by atoms with Gasteiger partial charge in [0.1, 0.15) is 29.8 Å². The molecule has 0 amide bonds. The number of aliphatic hydroxyl groups excluding tert-OH is 1. The van der Waals surface area contributed by atoms with Gasteiger partial charge < -0.3 is 35.4 Å². The quantitative estimate of drug-likeness (QED) is 0.0240. The smallest absolute Gasteiger partial charge is 0.354 e. The minimum absolute atomic E-state index is 0. The van der Waals surface area contributed by atoms with Gasteiger partial charge in [-0.1, -0.05) is 84.9 Å². The number of nitrogens with zero attached hydrogens (tertiary/aromatic N) is 2. The van der Waals surface area contributed by atoms with Crippen molar-refractivity contribution >= 4 is 125 Å². The van der Waals surface area contributed by atoms with Crippen molar-refractivity contribution in [3.8, 4) is 0 Å². The molecule has 1 aromatic heterocycles. The molecule has 0 radical (unpaired) electrons. The van der Waals surface area contributed by atoms with E-state index in [9.17, 15) is 33.9 Å². The number of esters is 2. The number of aromatic carboxylic acids is 1. The average Bonchev–Trinajstić information content (AvgIpc) is 3.41. The maximum Gasteiger partial charge on any atom is 0.354 e. The van der Waals surface area contributed by atoms with Crippen LogP contribution in [0.3, 0.4) is 0 Å². The molecule has 402 valence electrons. The number of benzene rings is 5. The summed E-state index contributed by atoms with van der Waals surface area (Å²) in [6.45, 7) is 0.775. The van der Waals surface area contributed by atoms with Crippen molar-refractivity contribution in [3.05, 3.63) is 200 Å². The SMILES string of the molecule is Cl.NC[C@]1(CO)CCCc2cc(Cl)ccc21.O=C(O)c1ccc(F)c(Br)n1.O=C(OC[C@@]1(/C=N/O)CCCc2cc(Cl)ccc21)c1ccc(Br)cc1.O=C[C@]1(COC(=O)c2ccc(Br)cc2)CCCc2cc(Cl)ccc21. The Bertz CT molecular complexity index is 3030. The summed E-state index contributed by atoms with van der Waals surface area (Å²) in [6.07, 6.45) is 10.4. The number of rotatable bonds is 11. The summed E-state index contributed by atoms with van der Waals surface area (Å²) < 4.78 is 25.2. The van der Waals surface area contributed by atoms with Crippen molar-refractivity contribution in [2.24, 2.45) is 10.9 Å². The maximum atomic E-state index is 12.5. The molecule has 0 aliphatic heterocycles. The largest absolute Gasteiger partial charge is 0.477 e. The van der Waals surface area contributed by atoms with Crippen LogP contribution in [0.5, 0.6) is 0 Å². The molecule has 0 fully saturated rings. The molecule has 5 N–H and O–H groups in total. The van der Waals surface area contributed by atoms with Gasteiger partial charge in [-0.25, -0.2) is 23.8 Å². The van der Waals surface area contributed by atoms with E-state index in [4.69, 9.17) is 55.1 Å². The van der Waals surface area contributed by atoms with Crippen LogP contribution < -0.4 is 5.73 Å². The molecule has 3 aliphatic rings. The third-order valence-corrected chi connectivity index (χ3v) is 15.7. The number of ether oxygens (including phenoxy) is 2. The number of carboxylic acid groups (broad SMARTS) is 1. The third-order valence-electron chi connectivity index (χ3n) is 13.4. The first-order chi connectivity index (χ1) is 35.9. The van der Waals surface area contributed by atoms with Crippen LogP contribution in [0.2, 0.25) is 15.1 Å². The van der Waals surface area contributed by atoms with Gasteiger partial charge in [-0.05, 0) is 204 Å². The van der Waals surface area contributed by atoms with Crippen molar-refractivity contribution < 1.29 is 48.5 Å². The average molecular weight is 1310 g/mol. The van der Waals surface area contributed by atoms with E-state index >= 15 is 0 Å². The molecule has 0 bridgehead atoms. The molecule has 0 saturated heterocycles. The first-order valence-corrected chi connectivity index (χ1v) is 27.2. The summed E-state index contributed by atoms with van der Waals surface area (Å²) in [5.41, 5.74) is 11.4. The van der Waals surface area contributed by atoms with Gasteiger partial charge in [-0.2, -0.15) is 0 Å². The molecule has 9 rings (SSSR count). The van der Waals surface area contributed by atoms with Crippen LogP contribution in [-0.4, -0.2) is 77.2 Å². The van der Waals surface area contributed by atoms with Crippen molar-refractivity contribution in [1.82, 2.24) is 4.98 Å². The monoisotopic (exact) mass is 1310 g/mol. The second kappa shape index (κ2) is 28.7. The highest BCUT2D eigenvalue weighted by molar-refractivity contribution is 9.11. The number of oxime groups is 1. The van der Waals surface area contributed by atoms with Gasteiger partial charge in [0.25, 0.3) is 0 Å². The number of aldehydes is 1. The van der Waals surface area contributed by atoms with Gasteiger partial charge in [0.05, 0.1) is 34.8 Å². The van der Waals surface area contributed by atoms with E-state index in [-0.39, 0.29) is 47.9 Å². The minimum Gasteiger partial charge on any atom is -0.477 e. The molecule has 0 unspecified atom stereocenters. The zero-order valence-electron chi connectivity index (χ0n) is 40.6. The fourth-order valence-electron chi connectivity index (χ4n) is 9.45. The second-order valence-electron chi connectivity index (χ2n) is 18.2. The fraction of sp³-hybridized carbons (Fsp3) is 0.286. The molecule has 5 aromatic carbocycles. The van der Waals surface area contributed by atoms with E-state index in [0.717, 1.165) is 106 Å². The van der Waals surface area contributed by atoms with Gasteiger partial charge in [0.15, 0.2) is 5.82 Å². The lowest BCUT2D eigenvalue weighted by atomic mass is 9.70. The van der Waals surface area contributed by atoms with Crippen LogP contribution in [0.15, 0.2) is 134 Å².